The first kappa shape index (κ1) is 11.7. The molecule has 0 aliphatic rings. The molecule has 0 aromatic rings. The fraction of sp³-hybridized carbons (Fsp3) is 0.556. The second-order valence-corrected chi connectivity index (χ2v) is 2.51. The fourth-order valence-electron chi connectivity index (χ4n) is 0.901. The predicted molar refractivity (Wildman–Crippen MR) is 49.3 cm³/mol. The molecule has 4 nitrogen and oxygen atoms in total. The first-order chi connectivity index (χ1) is 6.11. The Kier molecular flexibility index (Phi) is 5.59. The molecule has 0 unspecified atom stereocenters. The maximum atomic E-state index is 11.2. The van der Waals surface area contributed by atoms with Crippen molar-refractivity contribution in [2.75, 3.05) is 13.1 Å². The zero-order valence-electron chi connectivity index (χ0n) is 7.99. The smallest absolute Gasteiger partial charge is 0.307 e. The lowest BCUT2D eigenvalue weighted by Crippen LogP contribution is -2.28. The number of aliphatic carboxylic acids is 1. The molecule has 0 fully saturated rings. The van der Waals surface area contributed by atoms with Crippen LogP contribution in [0.15, 0.2) is 12.2 Å². The van der Waals surface area contributed by atoms with Crippen LogP contribution in [-0.2, 0) is 9.59 Å². The summed E-state index contributed by atoms with van der Waals surface area (Å²) in [5, 5.41) is 8.30. The first-order valence-corrected chi connectivity index (χ1v) is 4.29. The summed E-state index contributed by atoms with van der Waals surface area (Å²) in [5.74, 6) is -1.06. The number of rotatable bonds is 5. The average Bonchev–Trinajstić information content (AvgIpc) is 2.05. The van der Waals surface area contributed by atoms with Gasteiger partial charge in [-0.05, 0) is 19.9 Å². The molecule has 1 N–H and O–H groups in total. The number of nitrogens with zero attached hydrogens (tertiary/aromatic N) is 1. The van der Waals surface area contributed by atoms with Crippen LogP contribution in [0.4, 0.5) is 0 Å². The minimum absolute atomic E-state index is 0.104. The molecule has 0 rings (SSSR count). The van der Waals surface area contributed by atoms with E-state index in [0.717, 1.165) is 0 Å². The number of carbonyl (C=O) groups is 2. The molecule has 74 valence electrons. The number of hydrogen-bond donors (Lipinski definition) is 1. The summed E-state index contributed by atoms with van der Waals surface area (Å²) in [6.45, 7) is 5.05. The van der Waals surface area contributed by atoms with Crippen LogP contribution >= 0.6 is 0 Å². The third kappa shape index (κ3) is 5.00. The Morgan fingerprint density at radius 3 is 2.23 bits per heavy atom. The van der Waals surface area contributed by atoms with Crippen molar-refractivity contribution < 1.29 is 14.7 Å². The number of likely N-dealkylation sites (N-methyl/N-ethyl adjacent to an activating group) is 1. The summed E-state index contributed by atoms with van der Waals surface area (Å²) in [5.41, 5.74) is 0. The van der Waals surface area contributed by atoms with Gasteiger partial charge < -0.3 is 10.0 Å². The van der Waals surface area contributed by atoms with Gasteiger partial charge in [0, 0.05) is 13.1 Å². The van der Waals surface area contributed by atoms with Gasteiger partial charge in [0.2, 0.25) is 5.91 Å². The van der Waals surface area contributed by atoms with Crippen LogP contribution in [0.25, 0.3) is 0 Å². The van der Waals surface area contributed by atoms with Crippen LogP contribution in [-0.4, -0.2) is 35.0 Å². The van der Waals surface area contributed by atoms with Gasteiger partial charge in [0.15, 0.2) is 0 Å². The Bertz CT molecular complexity index is 207. The van der Waals surface area contributed by atoms with Gasteiger partial charge in [-0.15, -0.1) is 0 Å². The zero-order chi connectivity index (χ0) is 10.3. The van der Waals surface area contributed by atoms with E-state index in [0.29, 0.717) is 13.1 Å². The Balaban J connectivity index is 3.97. The zero-order valence-corrected chi connectivity index (χ0v) is 7.99. The molecule has 0 aliphatic heterocycles. The van der Waals surface area contributed by atoms with Crippen LogP contribution in [0.5, 0.6) is 0 Å². The van der Waals surface area contributed by atoms with Gasteiger partial charge in [-0.3, -0.25) is 9.59 Å². The highest BCUT2D eigenvalue weighted by molar-refractivity contribution is 5.88. The van der Waals surface area contributed by atoms with Gasteiger partial charge in [0.05, 0.1) is 6.42 Å². The van der Waals surface area contributed by atoms with Gasteiger partial charge in [0.25, 0.3) is 0 Å². The van der Waals surface area contributed by atoms with Gasteiger partial charge in [-0.1, -0.05) is 6.08 Å². The van der Waals surface area contributed by atoms with E-state index < -0.39 is 5.97 Å². The number of carboxylic acid groups (broad SMARTS) is 1. The second kappa shape index (κ2) is 6.22. The van der Waals surface area contributed by atoms with Crippen LogP contribution in [0, 0.1) is 0 Å². The maximum absolute atomic E-state index is 11.2. The largest absolute Gasteiger partial charge is 0.481 e. The van der Waals surface area contributed by atoms with Crippen LogP contribution in [0.3, 0.4) is 0 Å². The maximum Gasteiger partial charge on any atom is 0.307 e. The molecule has 0 aliphatic carbocycles. The highest BCUT2D eigenvalue weighted by Crippen LogP contribution is 1.91. The average molecular weight is 185 g/mol. The summed E-state index contributed by atoms with van der Waals surface area (Å²) in [6.07, 6.45) is 2.57. The van der Waals surface area contributed by atoms with E-state index in [1.165, 1.54) is 12.2 Å². The number of hydrogen-bond acceptors (Lipinski definition) is 2. The molecule has 0 saturated heterocycles. The summed E-state index contributed by atoms with van der Waals surface area (Å²) < 4.78 is 0. The number of carboxylic acids is 1. The van der Waals surface area contributed by atoms with E-state index in [2.05, 4.69) is 0 Å². The highest BCUT2D eigenvalue weighted by Gasteiger charge is 2.04. The van der Waals surface area contributed by atoms with Crippen LogP contribution in [0.2, 0.25) is 0 Å². The SMILES string of the molecule is CCN(CC)C(=O)/C=C/CC(=O)O. The van der Waals surface area contributed by atoms with Gasteiger partial charge in [0.1, 0.15) is 0 Å². The van der Waals surface area contributed by atoms with E-state index in [4.69, 9.17) is 5.11 Å². The molecular weight excluding hydrogens is 170 g/mol. The molecule has 13 heavy (non-hydrogen) atoms. The Morgan fingerprint density at radius 1 is 1.31 bits per heavy atom. The van der Waals surface area contributed by atoms with Gasteiger partial charge in [-0.25, -0.2) is 0 Å². The summed E-state index contributed by atoms with van der Waals surface area (Å²) in [4.78, 5) is 23.0. The lowest BCUT2D eigenvalue weighted by atomic mass is 10.3. The molecule has 0 heterocycles. The quantitative estimate of drug-likeness (QED) is 0.647. The van der Waals surface area contributed by atoms with Crippen molar-refractivity contribution in [3.05, 3.63) is 12.2 Å². The van der Waals surface area contributed by atoms with E-state index in [9.17, 15) is 9.59 Å². The highest BCUT2D eigenvalue weighted by atomic mass is 16.4. The third-order valence-electron chi connectivity index (χ3n) is 1.63. The Hall–Kier alpha value is -1.32. The third-order valence-corrected chi connectivity index (χ3v) is 1.63. The van der Waals surface area contributed by atoms with Gasteiger partial charge >= 0.3 is 5.97 Å². The molecule has 0 spiro atoms. The number of carbonyl (C=O) groups excluding carboxylic acids is 1. The summed E-state index contributed by atoms with van der Waals surface area (Å²) in [7, 11) is 0. The van der Waals surface area contributed by atoms with Crippen molar-refractivity contribution in [1.29, 1.82) is 0 Å². The molecule has 1 amide bonds. The monoisotopic (exact) mass is 185 g/mol. The minimum atomic E-state index is -0.927. The normalized spacial score (nSPS) is 10.3. The fourth-order valence-corrected chi connectivity index (χ4v) is 0.901. The standard InChI is InChI=1S/C9H15NO3/c1-3-10(4-2)8(11)6-5-7-9(12)13/h5-6H,3-4,7H2,1-2H3,(H,12,13)/b6-5+. The lowest BCUT2D eigenvalue weighted by molar-refractivity contribution is -0.136. The van der Waals surface area contributed by atoms with Crippen molar-refractivity contribution in [3.8, 4) is 0 Å². The van der Waals surface area contributed by atoms with Gasteiger partial charge in [-0.2, -0.15) is 0 Å². The summed E-state index contributed by atoms with van der Waals surface area (Å²) in [6, 6.07) is 0. The second-order valence-electron chi connectivity index (χ2n) is 2.51. The van der Waals surface area contributed by atoms with Crippen molar-refractivity contribution >= 4 is 11.9 Å². The molecule has 4 heteroatoms. The van der Waals surface area contributed by atoms with E-state index in [1.54, 1.807) is 4.90 Å². The Labute approximate surface area is 77.8 Å². The molecule has 0 atom stereocenters. The van der Waals surface area contributed by atoms with Crippen molar-refractivity contribution in [2.24, 2.45) is 0 Å². The van der Waals surface area contributed by atoms with Crippen LogP contribution in [0.1, 0.15) is 20.3 Å². The van der Waals surface area contributed by atoms with E-state index >= 15 is 0 Å². The minimum Gasteiger partial charge on any atom is -0.481 e. The predicted octanol–water partition coefficient (Wildman–Crippen LogP) is 0.886. The Morgan fingerprint density at radius 2 is 1.85 bits per heavy atom. The molecule has 0 aromatic carbocycles. The molecule has 0 radical (unpaired) electrons. The van der Waals surface area contributed by atoms with E-state index in [-0.39, 0.29) is 12.3 Å². The lowest BCUT2D eigenvalue weighted by Gasteiger charge is -2.15. The molecule has 0 bridgehead atoms. The van der Waals surface area contributed by atoms with Crippen molar-refractivity contribution in [3.63, 3.8) is 0 Å². The topological polar surface area (TPSA) is 57.6 Å². The van der Waals surface area contributed by atoms with Crippen LogP contribution < -0.4 is 0 Å². The van der Waals surface area contributed by atoms with Crippen molar-refractivity contribution in [1.82, 2.24) is 4.90 Å². The molecule has 0 aromatic heterocycles. The molecular formula is C9H15NO3. The summed E-state index contributed by atoms with van der Waals surface area (Å²) >= 11 is 0. The van der Waals surface area contributed by atoms with E-state index in [1.807, 2.05) is 13.8 Å². The molecule has 0 saturated carbocycles. The van der Waals surface area contributed by atoms with Crippen molar-refractivity contribution in [2.45, 2.75) is 20.3 Å². The number of amides is 1. The first-order valence-electron chi connectivity index (χ1n) is 4.29.